The van der Waals surface area contributed by atoms with E-state index in [-0.39, 0.29) is 18.1 Å². The summed E-state index contributed by atoms with van der Waals surface area (Å²) < 4.78 is 1.70. The van der Waals surface area contributed by atoms with Crippen molar-refractivity contribution in [3.05, 3.63) is 28.2 Å². The molecule has 0 spiro atoms. The monoisotopic (exact) mass is 336 g/mol. The summed E-state index contributed by atoms with van der Waals surface area (Å²) in [4.78, 5) is 23.7. The Morgan fingerprint density at radius 3 is 2.78 bits per heavy atom. The lowest BCUT2D eigenvalue weighted by Gasteiger charge is -2.26. The molecule has 8 heteroatoms. The summed E-state index contributed by atoms with van der Waals surface area (Å²) in [5, 5.41) is 8.15. The highest BCUT2D eigenvalue weighted by Crippen LogP contribution is 2.28. The van der Waals surface area contributed by atoms with Crippen molar-refractivity contribution in [1.82, 2.24) is 30.0 Å². The minimum atomic E-state index is -0.101. The Morgan fingerprint density at radius 2 is 2.22 bits per heavy atom. The van der Waals surface area contributed by atoms with Gasteiger partial charge in [0, 0.05) is 18.0 Å². The summed E-state index contributed by atoms with van der Waals surface area (Å²) in [5.74, 6) is 0. The molecule has 2 atom stereocenters. The number of hydrogen-bond donors (Lipinski definition) is 1. The van der Waals surface area contributed by atoms with Crippen LogP contribution >= 0.6 is 11.3 Å². The van der Waals surface area contributed by atoms with Gasteiger partial charge in [-0.2, -0.15) is 5.10 Å². The molecule has 2 aromatic rings. The van der Waals surface area contributed by atoms with Crippen molar-refractivity contribution in [1.29, 1.82) is 0 Å². The molecule has 0 aromatic carbocycles. The van der Waals surface area contributed by atoms with Gasteiger partial charge in [-0.3, -0.25) is 4.68 Å². The normalized spacial score (nSPS) is 13.6. The summed E-state index contributed by atoms with van der Waals surface area (Å²) in [6, 6.07) is -0.144. The summed E-state index contributed by atoms with van der Waals surface area (Å²) in [6.45, 7) is 8.66. The van der Waals surface area contributed by atoms with E-state index in [4.69, 9.17) is 0 Å². The number of carbonyl (C=O) groups excluding carboxylic acids is 1. The average Bonchev–Trinajstić information content (AvgIpc) is 3.14. The first-order valence-corrected chi connectivity index (χ1v) is 8.56. The van der Waals surface area contributed by atoms with Gasteiger partial charge in [0.05, 0.1) is 23.3 Å². The van der Waals surface area contributed by atoms with Crippen LogP contribution in [-0.4, -0.2) is 43.8 Å². The van der Waals surface area contributed by atoms with Gasteiger partial charge < -0.3 is 10.2 Å². The molecule has 0 fully saturated rings. The van der Waals surface area contributed by atoms with Gasteiger partial charge in [0.2, 0.25) is 0 Å². The maximum atomic E-state index is 12.4. The highest BCUT2D eigenvalue weighted by atomic mass is 32.1. The fraction of sp³-hybridized carbons (Fsp3) is 0.600. The van der Waals surface area contributed by atoms with E-state index in [1.165, 1.54) is 6.33 Å². The molecule has 126 valence electrons. The molecule has 0 saturated carbocycles. The molecule has 2 heterocycles. The Bertz CT molecular complexity index is 638. The molecule has 0 aliphatic rings. The van der Waals surface area contributed by atoms with E-state index < -0.39 is 0 Å². The lowest BCUT2D eigenvalue weighted by Crippen LogP contribution is -2.44. The lowest BCUT2D eigenvalue weighted by atomic mass is 10.2. The van der Waals surface area contributed by atoms with Gasteiger partial charge >= 0.3 is 6.03 Å². The Labute approximate surface area is 140 Å². The quantitative estimate of drug-likeness (QED) is 0.879. The van der Waals surface area contributed by atoms with Crippen molar-refractivity contribution in [2.75, 3.05) is 7.05 Å². The van der Waals surface area contributed by atoms with Crippen LogP contribution in [0.4, 0.5) is 4.79 Å². The molecule has 2 rings (SSSR count). The van der Waals surface area contributed by atoms with E-state index >= 15 is 0 Å². The second-order valence-corrected chi connectivity index (χ2v) is 6.78. The number of aromatic nitrogens is 4. The molecule has 0 aliphatic heterocycles. The zero-order valence-electron chi connectivity index (χ0n) is 14.3. The highest BCUT2D eigenvalue weighted by Gasteiger charge is 2.22. The van der Waals surface area contributed by atoms with E-state index in [0.717, 1.165) is 22.0 Å². The second kappa shape index (κ2) is 7.54. The zero-order chi connectivity index (χ0) is 17.0. The fourth-order valence-corrected chi connectivity index (χ4v) is 3.42. The van der Waals surface area contributed by atoms with Crippen molar-refractivity contribution in [2.45, 2.75) is 52.7 Å². The molecule has 1 N–H and O–H groups in total. The maximum Gasteiger partial charge on any atom is 0.317 e. The largest absolute Gasteiger partial charge is 0.334 e. The lowest BCUT2D eigenvalue weighted by molar-refractivity contribution is 0.190. The molecule has 23 heavy (non-hydrogen) atoms. The number of urea groups is 1. The van der Waals surface area contributed by atoms with Crippen LogP contribution in [0.3, 0.4) is 0 Å². The van der Waals surface area contributed by atoms with Crippen LogP contribution in [0.25, 0.3) is 0 Å². The van der Waals surface area contributed by atoms with Gasteiger partial charge in [-0.25, -0.2) is 14.8 Å². The van der Waals surface area contributed by atoms with Crippen molar-refractivity contribution < 1.29 is 4.79 Å². The van der Waals surface area contributed by atoms with Crippen molar-refractivity contribution >= 4 is 17.4 Å². The van der Waals surface area contributed by atoms with Crippen LogP contribution in [0.15, 0.2) is 12.7 Å². The number of hydrogen-bond acceptors (Lipinski definition) is 5. The third-order valence-electron chi connectivity index (χ3n) is 3.76. The average molecular weight is 336 g/mol. The predicted molar refractivity (Wildman–Crippen MR) is 90.4 cm³/mol. The molecular formula is C15H24N6OS. The number of nitrogens with zero attached hydrogens (tertiary/aromatic N) is 5. The van der Waals surface area contributed by atoms with E-state index in [1.54, 1.807) is 27.2 Å². The van der Waals surface area contributed by atoms with Gasteiger partial charge in [0.1, 0.15) is 12.7 Å². The molecule has 0 saturated heterocycles. The molecule has 2 amide bonds. The zero-order valence-corrected chi connectivity index (χ0v) is 15.1. The molecule has 2 aromatic heterocycles. The molecular weight excluding hydrogens is 312 g/mol. The van der Waals surface area contributed by atoms with Crippen LogP contribution in [0.1, 0.15) is 42.4 Å². The Kier molecular flexibility index (Phi) is 5.70. The Balaban J connectivity index is 1.96. The number of nitrogens with one attached hydrogen (secondary N) is 1. The predicted octanol–water partition coefficient (Wildman–Crippen LogP) is 2.40. The summed E-state index contributed by atoms with van der Waals surface area (Å²) in [6.07, 6.45) is 4.05. The minimum absolute atomic E-state index is 0.00799. The van der Waals surface area contributed by atoms with E-state index in [2.05, 4.69) is 27.3 Å². The summed E-state index contributed by atoms with van der Waals surface area (Å²) >= 11 is 1.68. The van der Waals surface area contributed by atoms with Crippen LogP contribution in [-0.2, 0) is 13.0 Å². The first kappa shape index (κ1) is 17.4. The maximum absolute atomic E-state index is 12.4. The van der Waals surface area contributed by atoms with Gasteiger partial charge in [-0.05, 0) is 27.2 Å². The van der Waals surface area contributed by atoms with Crippen LogP contribution in [0.5, 0.6) is 0 Å². The second-order valence-electron chi connectivity index (χ2n) is 5.67. The number of carbonyl (C=O) groups is 1. The summed E-state index contributed by atoms with van der Waals surface area (Å²) in [7, 11) is 1.81. The number of thiazole rings is 1. The van der Waals surface area contributed by atoms with E-state index in [0.29, 0.717) is 6.54 Å². The molecule has 0 radical (unpaired) electrons. The molecule has 0 aliphatic carbocycles. The number of aryl methyl sites for hydroxylation is 2. The van der Waals surface area contributed by atoms with Crippen molar-refractivity contribution in [2.24, 2.45) is 0 Å². The SMILES string of the molecule is CCc1nc(C)c([C@@H](C)N(C)C(=O)N[C@H](C)Cn2cncn2)s1. The molecule has 0 unspecified atom stereocenters. The van der Waals surface area contributed by atoms with Gasteiger partial charge in [-0.15, -0.1) is 11.3 Å². The van der Waals surface area contributed by atoms with Crippen LogP contribution in [0.2, 0.25) is 0 Å². The summed E-state index contributed by atoms with van der Waals surface area (Å²) in [5.41, 5.74) is 1.01. The third kappa shape index (κ3) is 4.28. The first-order chi connectivity index (χ1) is 10.9. The van der Waals surface area contributed by atoms with Crippen LogP contribution in [0, 0.1) is 6.92 Å². The van der Waals surface area contributed by atoms with Gasteiger partial charge in [-0.1, -0.05) is 6.92 Å². The molecule has 0 bridgehead atoms. The molecule has 7 nitrogen and oxygen atoms in total. The van der Waals surface area contributed by atoms with Crippen molar-refractivity contribution in [3.63, 3.8) is 0 Å². The fourth-order valence-electron chi connectivity index (χ4n) is 2.32. The highest BCUT2D eigenvalue weighted by molar-refractivity contribution is 7.11. The van der Waals surface area contributed by atoms with E-state index in [9.17, 15) is 4.79 Å². The minimum Gasteiger partial charge on any atom is -0.334 e. The topological polar surface area (TPSA) is 75.9 Å². The van der Waals surface area contributed by atoms with Gasteiger partial charge in [0.15, 0.2) is 0 Å². The van der Waals surface area contributed by atoms with Gasteiger partial charge in [0.25, 0.3) is 0 Å². The smallest absolute Gasteiger partial charge is 0.317 e. The number of rotatable bonds is 6. The third-order valence-corrected chi connectivity index (χ3v) is 5.23. The Morgan fingerprint density at radius 1 is 1.48 bits per heavy atom. The van der Waals surface area contributed by atoms with Crippen LogP contribution < -0.4 is 5.32 Å². The standard InChI is InChI=1S/C15H24N6OS/c1-6-13-19-11(3)14(23-13)12(4)20(5)15(22)18-10(2)7-21-9-16-8-17-21/h8-10,12H,6-7H2,1-5H3,(H,18,22)/t10-,12-/m1/s1. The number of amides is 2. The first-order valence-electron chi connectivity index (χ1n) is 7.74. The van der Waals surface area contributed by atoms with Crippen molar-refractivity contribution in [3.8, 4) is 0 Å². The van der Waals surface area contributed by atoms with E-state index in [1.807, 2.05) is 27.8 Å². The Hall–Kier alpha value is -1.96.